The van der Waals surface area contributed by atoms with E-state index in [9.17, 15) is 28.8 Å². The molecule has 0 aromatic heterocycles. The molecule has 0 aromatic carbocycles. The van der Waals surface area contributed by atoms with Gasteiger partial charge in [-0.15, -0.1) is 0 Å². The van der Waals surface area contributed by atoms with Gasteiger partial charge in [-0.25, -0.2) is 0 Å². The molecule has 6 atom stereocenters. The molecule has 16 nitrogen and oxygen atoms in total. The van der Waals surface area contributed by atoms with Crippen LogP contribution < -0.4 is 0 Å². The minimum absolute atomic E-state index is 0.0266. The zero-order valence-corrected chi connectivity index (χ0v) is 42.7. The van der Waals surface area contributed by atoms with E-state index >= 15 is 0 Å². The number of carbonyl (C=O) groups is 6. The number of aldehydes is 2. The van der Waals surface area contributed by atoms with Crippen LogP contribution in [0.3, 0.4) is 0 Å². The van der Waals surface area contributed by atoms with Crippen LogP contribution in [0.4, 0.5) is 0 Å². The third-order valence-electron chi connectivity index (χ3n) is 11.1. The highest BCUT2D eigenvalue weighted by Gasteiger charge is 2.39. The van der Waals surface area contributed by atoms with Gasteiger partial charge < -0.3 is 57.0 Å². The fourth-order valence-corrected chi connectivity index (χ4v) is 7.69. The lowest BCUT2D eigenvalue weighted by Crippen LogP contribution is -2.34. The normalized spacial score (nSPS) is 26.7. The van der Waals surface area contributed by atoms with Crippen LogP contribution in [-0.4, -0.2) is 142 Å². The van der Waals surface area contributed by atoms with Crippen molar-refractivity contribution in [3.8, 4) is 0 Å². The fourth-order valence-electron chi connectivity index (χ4n) is 7.69. The van der Waals surface area contributed by atoms with Crippen molar-refractivity contribution in [2.75, 3.05) is 106 Å². The van der Waals surface area contributed by atoms with Crippen molar-refractivity contribution in [3.63, 3.8) is 0 Å². The molecule has 1 saturated heterocycles. The van der Waals surface area contributed by atoms with Crippen LogP contribution in [0.1, 0.15) is 122 Å². The van der Waals surface area contributed by atoms with Crippen molar-refractivity contribution >= 4 is 36.4 Å². The first-order valence-electron chi connectivity index (χ1n) is 23.9. The molecule has 0 N–H and O–H groups in total. The van der Waals surface area contributed by atoms with Gasteiger partial charge in [0.2, 0.25) is 0 Å². The van der Waals surface area contributed by atoms with Crippen molar-refractivity contribution < 1.29 is 76.1 Å². The van der Waals surface area contributed by atoms with Gasteiger partial charge in [-0.1, -0.05) is 83.1 Å². The van der Waals surface area contributed by atoms with Crippen LogP contribution in [0.5, 0.6) is 0 Å². The van der Waals surface area contributed by atoms with E-state index in [0.717, 1.165) is 12.6 Å². The van der Waals surface area contributed by atoms with E-state index in [2.05, 4.69) is 0 Å². The highest BCUT2D eigenvalue weighted by molar-refractivity contribution is 5.76. The maximum Gasteiger partial charge on any atom is 0.309 e. The summed E-state index contributed by atoms with van der Waals surface area (Å²) in [4.78, 5) is 78.2. The molecule has 0 aliphatic carbocycles. The summed E-state index contributed by atoms with van der Waals surface area (Å²) in [6.45, 7) is 26.6. The Morgan fingerprint density at radius 2 is 0.591 bits per heavy atom. The standard InChI is InChI=1S/C50H88O16/c1-47(2,3)33-39-29-37(35-51)31-41(49(7,8)9)45(55)65-27-23-61-19-15-58-16-20-62-24-28-66-46(56)42(50(10,11)12)32-38(36-52)30-40(34-48(4,5)6)44(54)64-26-22-60-18-14-57-13-17-59-21-25-63-43(39)53/h35-42H,13-34H2,1-12H3. The fraction of sp³-hybridized carbons (Fsp3) is 0.880. The predicted octanol–water partition coefficient (Wildman–Crippen LogP) is 6.89. The molecule has 1 aliphatic heterocycles. The van der Waals surface area contributed by atoms with Gasteiger partial charge in [0.05, 0.1) is 103 Å². The quantitative estimate of drug-likeness (QED) is 0.160. The Balaban J connectivity index is 2.98. The average molecular weight is 945 g/mol. The van der Waals surface area contributed by atoms with Crippen LogP contribution in [0.2, 0.25) is 0 Å². The van der Waals surface area contributed by atoms with Gasteiger partial charge in [-0.2, -0.15) is 0 Å². The number of hydrogen-bond donors (Lipinski definition) is 0. The number of carbonyl (C=O) groups excluding carboxylic acids is 6. The number of hydrogen-bond acceptors (Lipinski definition) is 16. The van der Waals surface area contributed by atoms with Crippen molar-refractivity contribution in [3.05, 3.63) is 0 Å². The summed E-state index contributed by atoms with van der Waals surface area (Å²) in [7, 11) is 0. The zero-order chi connectivity index (χ0) is 49.8. The molecular formula is C50H88O16. The Hall–Kier alpha value is -3.02. The number of esters is 4. The highest BCUT2D eigenvalue weighted by Crippen LogP contribution is 2.38. The molecular weight excluding hydrogens is 857 g/mol. The smallest absolute Gasteiger partial charge is 0.309 e. The summed E-state index contributed by atoms with van der Waals surface area (Å²) in [6.07, 6.45) is 3.52. The number of cyclic esters (lactones) is 4. The zero-order valence-electron chi connectivity index (χ0n) is 42.7. The van der Waals surface area contributed by atoms with Crippen molar-refractivity contribution in [2.24, 2.45) is 57.2 Å². The maximum absolute atomic E-state index is 13.3. The molecule has 66 heavy (non-hydrogen) atoms. The molecule has 1 aliphatic rings. The van der Waals surface area contributed by atoms with Crippen LogP contribution in [0.25, 0.3) is 0 Å². The van der Waals surface area contributed by atoms with E-state index in [0.29, 0.717) is 12.8 Å². The maximum atomic E-state index is 13.3. The predicted molar refractivity (Wildman–Crippen MR) is 247 cm³/mol. The van der Waals surface area contributed by atoms with E-state index in [-0.39, 0.29) is 142 Å². The third kappa shape index (κ3) is 29.0. The van der Waals surface area contributed by atoms with Crippen LogP contribution in [-0.2, 0) is 76.1 Å². The number of ether oxygens (including phenoxy) is 10. The monoisotopic (exact) mass is 945 g/mol. The van der Waals surface area contributed by atoms with Crippen LogP contribution in [0, 0.1) is 57.2 Å². The van der Waals surface area contributed by atoms with E-state index < -0.39 is 70.2 Å². The molecule has 0 spiro atoms. The van der Waals surface area contributed by atoms with Gasteiger partial charge in [0, 0.05) is 11.8 Å². The van der Waals surface area contributed by atoms with Crippen LogP contribution >= 0.6 is 0 Å². The van der Waals surface area contributed by atoms with Gasteiger partial charge in [-0.3, -0.25) is 19.2 Å². The van der Waals surface area contributed by atoms with E-state index in [1.807, 2.05) is 83.1 Å². The summed E-state index contributed by atoms with van der Waals surface area (Å²) in [5.74, 6) is -5.19. The minimum atomic E-state index is -0.603. The van der Waals surface area contributed by atoms with Crippen LogP contribution in [0.15, 0.2) is 0 Å². The second-order valence-corrected chi connectivity index (χ2v) is 21.8. The summed E-state index contributed by atoms with van der Waals surface area (Å²) >= 11 is 0. The van der Waals surface area contributed by atoms with Gasteiger partial charge in [0.25, 0.3) is 0 Å². The van der Waals surface area contributed by atoms with Gasteiger partial charge >= 0.3 is 23.9 Å². The summed E-state index contributed by atoms with van der Waals surface area (Å²) in [5.41, 5.74) is -1.48. The highest BCUT2D eigenvalue weighted by atomic mass is 16.6. The molecule has 0 bridgehead atoms. The first-order chi connectivity index (χ1) is 30.9. The Morgan fingerprint density at radius 1 is 0.364 bits per heavy atom. The third-order valence-corrected chi connectivity index (χ3v) is 11.1. The molecule has 1 fully saturated rings. The summed E-state index contributed by atoms with van der Waals surface area (Å²) in [6, 6.07) is 0. The van der Waals surface area contributed by atoms with E-state index in [4.69, 9.17) is 47.4 Å². The topological polar surface area (TPSA) is 195 Å². The lowest BCUT2D eigenvalue weighted by atomic mass is 9.73. The second kappa shape index (κ2) is 31.9. The number of rotatable bonds is 4. The molecule has 384 valence electrons. The van der Waals surface area contributed by atoms with Gasteiger partial charge in [0.15, 0.2) is 0 Å². The lowest BCUT2D eigenvalue weighted by Gasteiger charge is -2.32. The SMILES string of the molecule is CC(C)(C)CC1CC(C=O)CC(C(C)(C)C)C(=O)OCCOCCOCCOCCOC(=O)C(C(C)(C)C)CC(C=O)CC(CC(C)(C)C)C(=O)OCCOCCOCCOCCOC1=O. The summed E-state index contributed by atoms with van der Waals surface area (Å²) in [5, 5.41) is 0. The molecule has 0 radical (unpaired) electrons. The van der Waals surface area contributed by atoms with Gasteiger partial charge in [-0.05, 0) is 60.2 Å². The molecule has 0 amide bonds. The minimum Gasteiger partial charge on any atom is -0.463 e. The summed E-state index contributed by atoms with van der Waals surface area (Å²) < 4.78 is 56.0. The van der Waals surface area contributed by atoms with E-state index in [1.54, 1.807) is 0 Å². The molecule has 1 heterocycles. The van der Waals surface area contributed by atoms with Gasteiger partial charge in [0.1, 0.15) is 39.0 Å². The Bertz CT molecular complexity index is 1290. The molecule has 16 heteroatoms. The Labute approximate surface area is 396 Å². The average Bonchev–Trinajstić information content (AvgIpc) is 3.20. The molecule has 0 saturated carbocycles. The van der Waals surface area contributed by atoms with Crippen molar-refractivity contribution in [1.82, 2.24) is 0 Å². The first kappa shape index (κ1) is 61.0. The largest absolute Gasteiger partial charge is 0.463 e. The molecule has 1 rings (SSSR count). The molecule has 0 aromatic rings. The molecule has 6 unspecified atom stereocenters. The Kier molecular flexibility index (Phi) is 29.5. The van der Waals surface area contributed by atoms with Crippen molar-refractivity contribution in [1.29, 1.82) is 0 Å². The lowest BCUT2D eigenvalue weighted by molar-refractivity contribution is -0.156. The first-order valence-corrected chi connectivity index (χ1v) is 23.9. The second-order valence-electron chi connectivity index (χ2n) is 21.8. The van der Waals surface area contributed by atoms with Crippen molar-refractivity contribution in [2.45, 2.75) is 122 Å². The Morgan fingerprint density at radius 3 is 0.803 bits per heavy atom. The van der Waals surface area contributed by atoms with E-state index in [1.165, 1.54) is 0 Å².